The molecule has 0 atom stereocenters. The van der Waals surface area contributed by atoms with Crippen LogP contribution >= 0.6 is 23.4 Å². The molecule has 30 heavy (non-hydrogen) atoms. The number of para-hydroxylation sites is 1. The summed E-state index contributed by atoms with van der Waals surface area (Å²) in [6.07, 6.45) is 0. The van der Waals surface area contributed by atoms with Gasteiger partial charge in [0.15, 0.2) is 6.61 Å². The Bertz CT molecular complexity index is 1130. The summed E-state index contributed by atoms with van der Waals surface area (Å²) in [5, 5.41) is 4.74. The van der Waals surface area contributed by atoms with Crippen molar-refractivity contribution in [2.45, 2.75) is 4.90 Å². The van der Waals surface area contributed by atoms with E-state index in [1.54, 1.807) is 36.0 Å². The Morgan fingerprint density at radius 1 is 0.967 bits per heavy atom. The molecule has 0 aliphatic rings. The van der Waals surface area contributed by atoms with Crippen molar-refractivity contribution in [1.29, 1.82) is 0 Å². The van der Waals surface area contributed by atoms with Crippen molar-refractivity contribution in [3.05, 3.63) is 83.9 Å². The first-order chi connectivity index (χ1) is 14.7. The highest BCUT2D eigenvalue weighted by Gasteiger charge is 2.13. The largest absolute Gasteiger partial charge is 0.484 e. The van der Waals surface area contributed by atoms with E-state index in [9.17, 15) is 4.79 Å². The van der Waals surface area contributed by atoms with Gasteiger partial charge in [0, 0.05) is 33.1 Å². The van der Waals surface area contributed by atoms with Crippen molar-refractivity contribution in [1.82, 2.24) is 10.3 Å². The molecule has 152 valence electrons. The van der Waals surface area contributed by atoms with Crippen LogP contribution in [0.5, 0.6) is 5.75 Å². The van der Waals surface area contributed by atoms with Crippen LogP contribution in [0.2, 0.25) is 5.02 Å². The van der Waals surface area contributed by atoms with E-state index in [1.165, 1.54) is 10.3 Å². The van der Waals surface area contributed by atoms with Crippen LogP contribution in [0.15, 0.2) is 83.8 Å². The van der Waals surface area contributed by atoms with E-state index >= 15 is 0 Å². The fourth-order valence-electron chi connectivity index (χ4n) is 3.15. The number of aromatic nitrogens is 1. The zero-order valence-corrected chi connectivity index (χ0v) is 17.8. The van der Waals surface area contributed by atoms with Crippen molar-refractivity contribution in [3.8, 4) is 17.0 Å². The number of amides is 1. The molecule has 2 N–H and O–H groups in total. The molecule has 4 nitrogen and oxygen atoms in total. The van der Waals surface area contributed by atoms with Crippen LogP contribution in [0.3, 0.4) is 0 Å². The third kappa shape index (κ3) is 4.99. The Balaban J connectivity index is 1.34. The smallest absolute Gasteiger partial charge is 0.257 e. The van der Waals surface area contributed by atoms with Crippen molar-refractivity contribution in [2.24, 2.45) is 0 Å². The lowest BCUT2D eigenvalue weighted by molar-refractivity contribution is -0.122. The van der Waals surface area contributed by atoms with Gasteiger partial charge in [0.05, 0.1) is 5.69 Å². The van der Waals surface area contributed by atoms with Gasteiger partial charge in [-0.05, 0) is 35.9 Å². The first-order valence-electron chi connectivity index (χ1n) is 9.65. The third-order valence-corrected chi connectivity index (χ3v) is 5.95. The normalized spacial score (nSPS) is 10.8. The number of ether oxygens (including phenoxy) is 1. The highest BCUT2D eigenvalue weighted by molar-refractivity contribution is 7.99. The summed E-state index contributed by atoms with van der Waals surface area (Å²) in [5.74, 6) is 1.23. The average Bonchev–Trinajstić information content (AvgIpc) is 3.15. The summed E-state index contributed by atoms with van der Waals surface area (Å²) in [6.45, 7) is 0.538. The van der Waals surface area contributed by atoms with Crippen molar-refractivity contribution in [2.75, 3.05) is 18.9 Å². The van der Waals surface area contributed by atoms with Crippen LogP contribution in [0.4, 0.5) is 0 Å². The summed E-state index contributed by atoms with van der Waals surface area (Å²) in [7, 11) is 0. The van der Waals surface area contributed by atoms with Gasteiger partial charge >= 0.3 is 0 Å². The zero-order chi connectivity index (χ0) is 20.8. The van der Waals surface area contributed by atoms with E-state index in [2.05, 4.69) is 34.6 Å². The minimum absolute atomic E-state index is 0.0192. The Labute approximate surface area is 184 Å². The summed E-state index contributed by atoms with van der Waals surface area (Å²) in [4.78, 5) is 16.8. The zero-order valence-electron chi connectivity index (χ0n) is 16.2. The maximum absolute atomic E-state index is 12.1. The number of rotatable bonds is 8. The number of thioether (sulfide) groups is 1. The Hall–Kier alpha value is -2.89. The van der Waals surface area contributed by atoms with E-state index < -0.39 is 0 Å². The molecule has 0 radical (unpaired) electrons. The van der Waals surface area contributed by atoms with Crippen LogP contribution < -0.4 is 10.1 Å². The van der Waals surface area contributed by atoms with E-state index in [1.807, 2.05) is 30.3 Å². The van der Waals surface area contributed by atoms with Crippen LogP contribution in [0.25, 0.3) is 22.2 Å². The SMILES string of the molecule is O=C(COc1ccc(Cl)cc1)NCCSc1c(-c2ccccc2)[nH]c2ccccc12. The molecule has 0 spiro atoms. The van der Waals surface area contributed by atoms with Gasteiger partial charge in [0.25, 0.3) is 5.91 Å². The molecule has 0 saturated carbocycles. The summed E-state index contributed by atoms with van der Waals surface area (Å²) >= 11 is 7.58. The number of carbonyl (C=O) groups excluding carboxylic acids is 1. The van der Waals surface area contributed by atoms with Crippen LogP contribution in [-0.4, -0.2) is 29.8 Å². The lowest BCUT2D eigenvalue weighted by atomic mass is 10.1. The van der Waals surface area contributed by atoms with Crippen molar-refractivity contribution in [3.63, 3.8) is 0 Å². The second-order valence-electron chi connectivity index (χ2n) is 6.68. The molecule has 4 aromatic rings. The van der Waals surface area contributed by atoms with E-state index in [4.69, 9.17) is 16.3 Å². The second-order valence-corrected chi connectivity index (χ2v) is 8.22. The highest BCUT2D eigenvalue weighted by atomic mass is 35.5. The predicted octanol–water partition coefficient (Wildman–Crippen LogP) is 5.78. The summed E-state index contributed by atoms with van der Waals surface area (Å²) in [5.41, 5.74) is 3.37. The van der Waals surface area contributed by atoms with Gasteiger partial charge in [-0.3, -0.25) is 4.79 Å². The number of H-pyrrole nitrogens is 1. The van der Waals surface area contributed by atoms with Gasteiger partial charge in [-0.25, -0.2) is 0 Å². The quantitative estimate of drug-likeness (QED) is 0.272. The monoisotopic (exact) mass is 436 g/mol. The summed E-state index contributed by atoms with van der Waals surface area (Å²) < 4.78 is 5.48. The van der Waals surface area contributed by atoms with Gasteiger partial charge in [-0.1, -0.05) is 60.1 Å². The molecule has 0 fully saturated rings. The minimum Gasteiger partial charge on any atom is -0.484 e. The average molecular weight is 437 g/mol. The fraction of sp³-hybridized carbons (Fsp3) is 0.125. The van der Waals surface area contributed by atoms with Gasteiger partial charge in [-0.2, -0.15) is 0 Å². The van der Waals surface area contributed by atoms with Gasteiger partial charge < -0.3 is 15.0 Å². The third-order valence-electron chi connectivity index (χ3n) is 4.58. The first-order valence-corrected chi connectivity index (χ1v) is 11.0. The number of nitrogens with one attached hydrogen (secondary N) is 2. The predicted molar refractivity (Wildman–Crippen MR) is 124 cm³/mol. The van der Waals surface area contributed by atoms with Crippen LogP contribution in [0, 0.1) is 0 Å². The molecular formula is C24H21ClN2O2S. The minimum atomic E-state index is -0.146. The second kappa shape index (κ2) is 9.74. The molecule has 1 aromatic heterocycles. The molecule has 1 amide bonds. The number of benzene rings is 3. The van der Waals surface area contributed by atoms with Crippen LogP contribution in [-0.2, 0) is 4.79 Å². The molecular weight excluding hydrogens is 416 g/mol. The number of hydrogen-bond donors (Lipinski definition) is 2. The number of halogens is 1. The van der Waals surface area contributed by atoms with E-state index in [0.717, 1.165) is 22.5 Å². The molecule has 0 unspecified atom stereocenters. The lowest BCUT2D eigenvalue weighted by Crippen LogP contribution is -2.30. The Morgan fingerprint density at radius 3 is 2.50 bits per heavy atom. The van der Waals surface area contributed by atoms with Crippen molar-refractivity contribution >= 4 is 40.2 Å². The van der Waals surface area contributed by atoms with E-state index in [0.29, 0.717) is 17.3 Å². The molecule has 0 bridgehead atoms. The molecule has 6 heteroatoms. The standard InChI is InChI=1S/C24H21ClN2O2S/c25-18-10-12-19(13-11-18)29-16-22(28)26-14-15-30-24-20-8-4-5-9-21(20)27-23(24)17-6-2-1-3-7-17/h1-13,27H,14-16H2,(H,26,28). The Kier molecular flexibility index (Phi) is 6.62. The molecule has 4 rings (SSSR count). The molecule has 0 aliphatic carbocycles. The molecule has 0 aliphatic heterocycles. The van der Waals surface area contributed by atoms with Gasteiger partial charge in [-0.15, -0.1) is 11.8 Å². The number of aromatic amines is 1. The highest BCUT2D eigenvalue weighted by Crippen LogP contribution is 2.37. The van der Waals surface area contributed by atoms with Gasteiger partial charge in [0.2, 0.25) is 0 Å². The maximum Gasteiger partial charge on any atom is 0.257 e. The fourth-order valence-corrected chi connectivity index (χ4v) is 4.33. The first kappa shape index (κ1) is 20.4. The van der Waals surface area contributed by atoms with Gasteiger partial charge in [0.1, 0.15) is 5.75 Å². The topological polar surface area (TPSA) is 54.1 Å². The number of carbonyl (C=O) groups is 1. The number of hydrogen-bond acceptors (Lipinski definition) is 3. The molecule has 3 aromatic carbocycles. The lowest BCUT2D eigenvalue weighted by Gasteiger charge is -2.08. The molecule has 1 heterocycles. The maximum atomic E-state index is 12.1. The van der Waals surface area contributed by atoms with Crippen molar-refractivity contribution < 1.29 is 9.53 Å². The number of fused-ring (bicyclic) bond motifs is 1. The molecule has 0 saturated heterocycles. The summed E-state index contributed by atoms with van der Waals surface area (Å²) in [6, 6.07) is 25.5. The van der Waals surface area contributed by atoms with E-state index in [-0.39, 0.29) is 12.5 Å². The van der Waals surface area contributed by atoms with Crippen LogP contribution in [0.1, 0.15) is 0 Å². The Morgan fingerprint density at radius 2 is 1.70 bits per heavy atom.